The predicted octanol–water partition coefficient (Wildman–Crippen LogP) is 1.35. The first-order valence-electron chi connectivity index (χ1n) is 10.3. The Hall–Kier alpha value is -2.43. The maximum absolute atomic E-state index is 13.4. The van der Waals surface area contributed by atoms with Crippen molar-refractivity contribution in [3.05, 3.63) is 42.0 Å². The number of aromatic nitrogens is 2. The average Bonchev–Trinajstić information content (AvgIpc) is 3.24. The molecule has 0 N–H and O–H groups in total. The highest BCUT2D eigenvalue weighted by Gasteiger charge is 2.28. The Morgan fingerprint density at radius 2 is 1.71 bits per heavy atom. The predicted molar refractivity (Wildman–Crippen MR) is 115 cm³/mol. The van der Waals surface area contributed by atoms with Gasteiger partial charge >= 0.3 is 0 Å². The second-order valence-electron chi connectivity index (χ2n) is 7.50. The number of thioether (sulfide) groups is 1. The molecule has 2 aliphatic rings. The van der Waals surface area contributed by atoms with Gasteiger partial charge in [0.25, 0.3) is 5.91 Å². The van der Waals surface area contributed by atoms with E-state index in [1.165, 1.54) is 23.9 Å². The van der Waals surface area contributed by atoms with Crippen LogP contribution in [-0.2, 0) is 9.53 Å². The SMILES string of the molecule is CSc1ncc(C(=O)N2CCN(CC(=O)N3CCOCC3)CC2)n1-c1ccc(F)cc1. The number of imidazole rings is 1. The minimum absolute atomic E-state index is 0.113. The average molecular weight is 448 g/mol. The molecule has 1 aromatic carbocycles. The standard InChI is InChI=1S/C21H26FN5O3S/c1-31-21-23-14-18(27(21)17-4-2-16(22)3-5-17)20(29)26-8-6-24(7-9-26)15-19(28)25-10-12-30-13-11-25/h2-5,14H,6-13,15H2,1H3. The molecule has 31 heavy (non-hydrogen) atoms. The fourth-order valence-corrected chi connectivity index (χ4v) is 4.39. The van der Waals surface area contributed by atoms with Crippen molar-refractivity contribution in [2.75, 3.05) is 65.3 Å². The molecule has 0 atom stereocenters. The lowest BCUT2D eigenvalue weighted by Crippen LogP contribution is -2.52. The lowest BCUT2D eigenvalue weighted by atomic mass is 10.2. The van der Waals surface area contributed by atoms with Crippen molar-refractivity contribution in [2.45, 2.75) is 5.16 Å². The van der Waals surface area contributed by atoms with Gasteiger partial charge in [-0.3, -0.25) is 19.1 Å². The van der Waals surface area contributed by atoms with Crippen molar-refractivity contribution in [2.24, 2.45) is 0 Å². The normalized spacial score (nSPS) is 17.7. The van der Waals surface area contributed by atoms with Crippen molar-refractivity contribution in [1.82, 2.24) is 24.3 Å². The summed E-state index contributed by atoms with van der Waals surface area (Å²) in [4.78, 5) is 35.8. The molecule has 2 aliphatic heterocycles. The molecular weight excluding hydrogens is 421 g/mol. The molecule has 4 rings (SSSR count). The van der Waals surface area contributed by atoms with E-state index in [1.807, 2.05) is 11.2 Å². The lowest BCUT2D eigenvalue weighted by molar-refractivity contribution is -0.136. The summed E-state index contributed by atoms with van der Waals surface area (Å²) >= 11 is 1.43. The first-order chi connectivity index (χ1) is 15.1. The Kier molecular flexibility index (Phi) is 6.89. The number of carbonyl (C=O) groups excluding carboxylic acids is 2. The zero-order valence-electron chi connectivity index (χ0n) is 17.5. The second kappa shape index (κ2) is 9.80. The largest absolute Gasteiger partial charge is 0.378 e. The van der Waals surface area contributed by atoms with Crippen LogP contribution in [0.3, 0.4) is 0 Å². The Bertz CT molecular complexity index is 922. The molecule has 0 spiro atoms. The van der Waals surface area contributed by atoms with E-state index < -0.39 is 0 Å². The van der Waals surface area contributed by atoms with Crippen LogP contribution in [0.25, 0.3) is 5.69 Å². The molecule has 2 fully saturated rings. The van der Waals surface area contributed by atoms with Gasteiger partial charge in [-0.2, -0.15) is 0 Å². The van der Waals surface area contributed by atoms with E-state index in [9.17, 15) is 14.0 Å². The number of nitrogens with zero attached hydrogens (tertiary/aromatic N) is 5. The van der Waals surface area contributed by atoms with Gasteiger partial charge in [-0.1, -0.05) is 11.8 Å². The fourth-order valence-electron chi connectivity index (χ4n) is 3.84. The number of amides is 2. The number of carbonyl (C=O) groups is 2. The Morgan fingerprint density at radius 3 is 2.35 bits per heavy atom. The number of benzene rings is 1. The van der Waals surface area contributed by atoms with Gasteiger partial charge in [-0.15, -0.1) is 0 Å². The molecule has 8 nitrogen and oxygen atoms in total. The maximum atomic E-state index is 13.4. The van der Waals surface area contributed by atoms with Crippen LogP contribution in [0.1, 0.15) is 10.5 Å². The summed E-state index contributed by atoms with van der Waals surface area (Å²) < 4.78 is 20.4. The number of rotatable bonds is 5. The quantitative estimate of drug-likeness (QED) is 0.645. The van der Waals surface area contributed by atoms with Crippen LogP contribution >= 0.6 is 11.8 Å². The molecular formula is C21H26FN5O3S. The molecule has 0 unspecified atom stereocenters. The Labute approximate surface area is 184 Å². The third-order valence-corrected chi connectivity index (χ3v) is 6.25. The second-order valence-corrected chi connectivity index (χ2v) is 8.28. The van der Waals surface area contributed by atoms with E-state index in [0.29, 0.717) is 75.6 Å². The van der Waals surface area contributed by atoms with Gasteiger partial charge in [-0.05, 0) is 30.5 Å². The van der Waals surface area contributed by atoms with E-state index in [2.05, 4.69) is 9.88 Å². The van der Waals surface area contributed by atoms with Crippen molar-refractivity contribution in [1.29, 1.82) is 0 Å². The summed E-state index contributed by atoms with van der Waals surface area (Å²) in [5, 5.41) is 0.671. The van der Waals surface area contributed by atoms with Crippen molar-refractivity contribution in [3.8, 4) is 5.69 Å². The van der Waals surface area contributed by atoms with Crippen LogP contribution in [0.2, 0.25) is 0 Å². The highest BCUT2D eigenvalue weighted by Crippen LogP contribution is 2.23. The third-order valence-electron chi connectivity index (χ3n) is 5.60. The van der Waals surface area contributed by atoms with Crippen LogP contribution in [-0.4, -0.2) is 101 Å². The van der Waals surface area contributed by atoms with E-state index in [0.717, 1.165) is 0 Å². The maximum Gasteiger partial charge on any atom is 0.272 e. The Morgan fingerprint density at radius 1 is 1.03 bits per heavy atom. The highest BCUT2D eigenvalue weighted by molar-refractivity contribution is 7.98. The summed E-state index contributed by atoms with van der Waals surface area (Å²) in [7, 11) is 0. The van der Waals surface area contributed by atoms with Crippen LogP contribution in [0.15, 0.2) is 35.6 Å². The molecule has 2 aromatic rings. The molecule has 0 bridgehead atoms. The summed E-state index contributed by atoms with van der Waals surface area (Å²) in [5.41, 5.74) is 1.15. The summed E-state index contributed by atoms with van der Waals surface area (Å²) in [6.45, 7) is 5.19. The molecule has 1 aromatic heterocycles. The summed E-state index contributed by atoms with van der Waals surface area (Å²) in [5.74, 6) is -0.330. The van der Waals surface area contributed by atoms with Crippen molar-refractivity contribution < 1.29 is 18.7 Å². The molecule has 0 aliphatic carbocycles. The monoisotopic (exact) mass is 447 g/mol. The number of piperazine rings is 1. The molecule has 166 valence electrons. The zero-order valence-corrected chi connectivity index (χ0v) is 18.3. The number of hydrogen-bond acceptors (Lipinski definition) is 6. The fraction of sp³-hybridized carbons (Fsp3) is 0.476. The molecule has 0 radical (unpaired) electrons. The molecule has 0 saturated carbocycles. The minimum atomic E-state index is -0.329. The topological polar surface area (TPSA) is 70.9 Å². The number of morpholine rings is 1. The summed E-state index contributed by atoms with van der Waals surface area (Å²) in [6, 6.07) is 6.03. The van der Waals surface area contributed by atoms with Crippen LogP contribution in [0.5, 0.6) is 0 Å². The van der Waals surface area contributed by atoms with E-state index in [1.54, 1.807) is 27.8 Å². The van der Waals surface area contributed by atoms with Crippen LogP contribution in [0.4, 0.5) is 4.39 Å². The third kappa shape index (κ3) is 4.91. The van der Waals surface area contributed by atoms with Gasteiger partial charge in [-0.25, -0.2) is 9.37 Å². The molecule has 2 saturated heterocycles. The van der Waals surface area contributed by atoms with Gasteiger partial charge in [0.15, 0.2) is 5.16 Å². The first kappa shape index (κ1) is 21.8. The van der Waals surface area contributed by atoms with E-state index >= 15 is 0 Å². The number of ether oxygens (including phenoxy) is 1. The van der Waals surface area contributed by atoms with Crippen molar-refractivity contribution in [3.63, 3.8) is 0 Å². The van der Waals surface area contributed by atoms with Gasteiger partial charge < -0.3 is 14.5 Å². The van der Waals surface area contributed by atoms with E-state index in [-0.39, 0.29) is 17.6 Å². The van der Waals surface area contributed by atoms with Gasteiger partial charge in [0.2, 0.25) is 5.91 Å². The van der Waals surface area contributed by atoms with Gasteiger partial charge in [0, 0.05) is 45.0 Å². The first-order valence-corrected chi connectivity index (χ1v) is 11.5. The highest BCUT2D eigenvalue weighted by atomic mass is 32.2. The lowest BCUT2D eigenvalue weighted by Gasteiger charge is -2.36. The Balaban J connectivity index is 1.40. The van der Waals surface area contributed by atoms with E-state index in [4.69, 9.17) is 4.74 Å². The van der Waals surface area contributed by atoms with Crippen molar-refractivity contribution >= 4 is 23.6 Å². The minimum Gasteiger partial charge on any atom is -0.378 e. The van der Waals surface area contributed by atoms with Crippen LogP contribution in [0, 0.1) is 5.82 Å². The number of halogens is 1. The summed E-state index contributed by atoms with van der Waals surface area (Å²) in [6.07, 6.45) is 3.46. The van der Waals surface area contributed by atoms with Gasteiger partial charge in [0.05, 0.1) is 26.0 Å². The molecule has 2 amide bonds. The van der Waals surface area contributed by atoms with Gasteiger partial charge in [0.1, 0.15) is 11.5 Å². The smallest absolute Gasteiger partial charge is 0.272 e. The molecule has 10 heteroatoms. The zero-order chi connectivity index (χ0) is 21.8. The number of hydrogen-bond donors (Lipinski definition) is 0. The molecule has 3 heterocycles. The van der Waals surface area contributed by atoms with Crippen LogP contribution < -0.4 is 0 Å².